The van der Waals surface area contributed by atoms with E-state index in [1.807, 2.05) is 0 Å². The SMILES string of the molecule is COc1ccc(C(=O)/C=C/C=C(Cl)Cl)cc1. The summed E-state index contributed by atoms with van der Waals surface area (Å²) in [4.78, 5) is 11.6. The highest BCUT2D eigenvalue weighted by atomic mass is 35.5. The molecule has 0 saturated carbocycles. The van der Waals surface area contributed by atoms with E-state index in [2.05, 4.69) is 0 Å². The lowest BCUT2D eigenvalue weighted by atomic mass is 10.1. The van der Waals surface area contributed by atoms with Crippen molar-refractivity contribution in [3.05, 3.63) is 52.5 Å². The second-order valence-corrected chi connectivity index (χ2v) is 3.92. The lowest BCUT2D eigenvalue weighted by molar-refractivity contribution is 0.104. The summed E-state index contributed by atoms with van der Waals surface area (Å²) in [6.07, 6.45) is 4.33. The van der Waals surface area contributed by atoms with Crippen molar-refractivity contribution in [2.24, 2.45) is 0 Å². The van der Waals surface area contributed by atoms with Crippen molar-refractivity contribution in [1.29, 1.82) is 0 Å². The number of halogens is 2. The number of ketones is 1. The van der Waals surface area contributed by atoms with E-state index in [4.69, 9.17) is 27.9 Å². The molecular formula is C12H10Cl2O2. The Morgan fingerprint density at radius 2 is 1.88 bits per heavy atom. The van der Waals surface area contributed by atoms with Crippen LogP contribution in [0.1, 0.15) is 10.4 Å². The Bertz CT molecular complexity index is 415. The highest BCUT2D eigenvalue weighted by Crippen LogP contribution is 2.12. The molecule has 0 aliphatic heterocycles. The predicted molar refractivity (Wildman–Crippen MR) is 66.3 cm³/mol. The van der Waals surface area contributed by atoms with Gasteiger partial charge in [-0.2, -0.15) is 0 Å². The molecule has 1 rings (SSSR count). The van der Waals surface area contributed by atoms with Gasteiger partial charge in [0.2, 0.25) is 0 Å². The van der Waals surface area contributed by atoms with Crippen LogP contribution >= 0.6 is 23.2 Å². The van der Waals surface area contributed by atoms with Gasteiger partial charge in [-0.1, -0.05) is 29.3 Å². The molecule has 2 nitrogen and oxygen atoms in total. The molecule has 0 amide bonds. The summed E-state index contributed by atoms with van der Waals surface area (Å²) in [5, 5.41) is 0. The van der Waals surface area contributed by atoms with Crippen LogP contribution in [0.2, 0.25) is 0 Å². The zero-order valence-electron chi connectivity index (χ0n) is 8.61. The number of rotatable bonds is 4. The predicted octanol–water partition coefficient (Wildman–Crippen LogP) is 3.75. The van der Waals surface area contributed by atoms with Gasteiger partial charge in [0, 0.05) is 5.56 Å². The molecule has 0 saturated heterocycles. The summed E-state index contributed by atoms with van der Waals surface area (Å²) in [5.74, 6) is 0.595. The maximum absolute atomic E-state index is 11.6. The molecule has 0 bridgehead atoms. The second kappa shape index (κ2) is 6.36. The summed E-state index contributed by atoms with van der Waals surface area (Å²) in [6.45, 7) is 0. The highest BCUT2D eigenvalue weighted by Gasteiger charge is 2.00. The van der Waals surface area contributed by atoms with E-state index in [9.17, 15) is 4.79 Å². The molecule has 0 atom stereocenters. The van der Waals surface area contributed by atoms with Gasteiger partial charge < -0.3 is 4.74 Å². The van der Waals surface area contributed by atoms with Crippen LogP contribution < -0.4 is 4.74 Å². The van der Waals surface area contributed by atoms with E-state index in [1.165, 1.54) is 18.2 Å². The van der Waals surface area contributed by atoms with Crippen LogP contribution in [0.5, 0.6) is 5.75 Å². The topological polar surface area (TPSA) is 26.3 Å². The van der Waals surface area contributed by atoms with E-state index in [-0.39, 0.29) is 10.3 Å². The Kier molecular flexibility index (Phi) is 5.09. The Morgan fingerprint density at radius 1 is 1.25 bits per heavy atom. The third-order valence-corrected chi connectivity index (χ3v) is 2.10. The molecular weight excluding hydrogens is 247 g/mol. The number of carbonyl (C=O) groups is 1. The first kappa shape index (κ1) is 12.8. The first-order valence-electron chi connectivity index (χ1n) is 4.51. The highest BCUT2D eigenvalue weighted by molar-refractivity contribution is 6.56. The number of hydrogen-bond acceptors (Lipinski definition) is 2. The maximum Gasteiger partial charge on any atom is 0.185 e. The molecule has 0 spiro atoms. The lowest BCUT2D eigenvalue weighted by Gasteiger charge is -1.99. The molecule has 0 N–H and O–H groups in total. The minimum absolute atomic E-state index is 0.110. The van der Waals surface area contributed by atoms with Crippen molar-refractivity contribution in [3.63, 3.8) is 0 Å². The third-order valence-electron chi connectivity index (χ3n) is 1.84. The van der Waals surface area contributed by atoms with Gasteiger partial charge in [-0.05, 0) is 36.4 Å². The van der Waals surface area contributed by atoms with Gasteiger partial charge in [0.25, 0.3) is 0 Å². The van der Waals surface area contributed by atoms with Crippen LogP contribution in [0.3, 0.4) is 0 Å². The average Bonchev–Trinajstić information content (AvgIpc) is 2.28. The number of hydrogen-bond donors (Lipinski definition) is 0. The van der Waals surface area contributed by atoms with Crippen molar-refractivity contribution in [3.8, 4) is 5.75 Å². The quantitative estimate of drug-likeness (QED) is 0.466. The molecule has 0 unspecified atom stereocenters. The van der Waals surface area contributed by atoms with Crippen molar-refractivity contribution in [1.82, 2.24) is 0 Å². The molecule has 4 heteroatoms. The number of benzene rings is 1. The Labute approximate surface area is 104 Å². The van der Waals surface area contributed by atoms with Crippen molar-refractivity contribution in [2.75, 3.05) is 7.11 Å². The summed E-state index contributed by atoms with van der Waals surface area (Å²) in [5.41, 5.74) is 0.580. The minimum atomic E-state index is -0.117. The van der Waals surface area contributed by atoms with Crippen LogP contribution in [0, 0.1) is 0 Å². The van der Waals surface area contributed by atoms with E-state index in [0.717, 1.165) is 0 Å². The van der Waals surface area contributed by atoms with Crippen molar-refractivity contribution in [2.45, 2.75) is 0 Å². The summed E-state index contributed by atoms with van der Waals surface area (Å²) < 4.78 is 5.10. The molecule has 0 aliphatic rings. The van der Waals surface area contributed by atoms with Gasteiger partial charge in [-0.25, -0.2) is 0 Å². The molecule has 1 aromatic rings. The van der Waals surface area contributed by atoms with E-state index in [0.29, 0.717) is 11.3 Å². The number of ether oxygens (including phenoxy) is 1. The van der Waals surface area contributed by atoms with Gasteiger partial charge >= 0.3 is 0 Å². The zero-order valence-corrected chi connectivity index (χ0v) is 10.1. The first-order valence-corrected chi connectivity index (χ1v) is 5.27. The summed E-state index contributed by atoms with van der Waals surface area (Å²) in [7, 11) is 1.57. The summed E-state index contributed by atoms with van der Waals surface area (Å²) in [6, 6.07) is 6.84. The van der Waals surface area contributed by atoms with Crippen LogP contribution in [-0.2, 0) is 0 Å². The number of allylic oxidation sites excluding steroid dienone is 3. The maximum atomic E-state index is 11.6. The van der Waals surface area contributed by atoms with Crippen LogP contribution in [0.4, 0.5) is 0 Å². The zero-order chi connectivity index (χ0) is 12.0. The molecule has 0 heterocycles. The fourth-order valence-corrected chi connectivity index (χ4v) is 1.21. The van der Waals surface area contributed by atoms with E-state index < -0.39 is 0 Å². The van der Waals surface area contributed by atoms with Crippen LogP contribution in [0.15, 0.2) is 47.0 Å². The normalized spacial score (nSPS) is 10.2. The Morgan fingerprint density at radius 3 is 2.38 bits per heavy atom. The molecule has 0 fully saturated rings. The second-order valence-electron chi connectivity index (χ2n) is 2.91. The Hall–Kier alpha value is -1.25. The van der Waals surface area contributed by atoms with Gasteiger partial charge in [0.1, 0.15) is 10.2 Å². The van der Waals surface area contributed by atoms with Gasteiger partial charge in [-0.3, -0.25) is 4.79 Å². The number of carbonyl (C=O) groups excluding carboxylic acids is 1. The van der Waals surface area contributed by atoms with E-state index in [1.54, 1.807) is 31.4 Å². The van der Waals surface area contributed by atoms with Gasteiger partial charge in [0.15, 0.2) is 5.78 Å². The van der Waals surface area contributed by atoms with Crippen LogP contribution in [-0.4, -0.2) is 12.9 Å². The molecule has 0 radical (unpaired) electrons. The molecule has 0 aliphatic carbocycles. The molecule has 0 aromatic heterocycles. The van der Waals surface area contributed by atoms with Crippen molar-refractivity contribution < 1.29 is 9.53 Å². The van der Waals surface area contributed by atoms with Crippen molar-refractivity contribution >= 4 is 29.0 Å². The fourth-order valence-electron chi connectivity index (χ4n) is 1.06. The number of methoxy groups -OCH3 is 1. The van der Waals surface area contributed by atoms with Gasteiger partial charge in [-0.15, -0.1) is 0 Å². The van der Waals surface area contributed by atoms with E-state index >= 15 is 0 Å². The Balaban J connectivity index is 2.73. The molecule has 84 valence electrons. The fraction of sp³-hybridized carbons (Fsp3) is 0.0833. The average molecular weight is 257 g/mol. The largest absolute Gasteiger partial charge is 0.497 e. The first-order chi connectivity index (χ1) is 7.63. The monoisotopic (exact) mass is 256 g/mol. The molecule has 16 heavy (non-hydrogen) atoms. The summed E-state index contributed by atoms with van der Waals surface area (Å²) >= 11 is 10.8. The van der Waals surface area contributed by atoms with Gasteiger partial charge in [0.05, 0.1) is 7.11 Å². The molecule has 1 aromatic carbocycles. The third kappa shape index (κ3) is 4.09. The van der Waals surface area contributed by atoms with Crippen LogP contribution in [0.25, 0.3) is 0 Å². The smallest absolute Gasteiger partial charge is 0.185 e. The minimum Gasteiger partial charge on any atom is -0.497 e. The standard InChI is InChI=1S/C12H10Cl2O2/c1-16-10-7-5-9(6-8-10)11(15)3-2-4-12(13)14/h2-8H,1H3/b3-2+. The lowest BCUT2D eigenvalue weighted by Crippen LogP contribution is -1.93.